The molecule has 0 radical (unpaired) electrons. The average molecular weight is 451 g/mol. The molecular weight excluding hydrogens is 404 g/mol. The van der Waals surface area contributed by atoms with Crippen molar-refractivity contribution in [1.29, 1.82) is 0 Å². The van der Waals surface area contributed by atoms with Crippen LogP contribution >= 0.6 is 0 Å². The molecule has 6 nitrogen and oxygen atoms in total. The smallest absolute Gasteiger partial charge is 0.220 e. The molecule has 3 aliphatic heterocycles. The molecule has 6 heteroatoms. The Morgan fingerprint density at radius 2 is 2.00 bits per heavy atom. The molecule has 0 aromatic heterocycles. The summed E-state index contributed by atoms with van der Waals surface area (Å²) in [7, 11) is 1.85. The van der Waals surface area contributed by atoms with Crippen molar-refractivity contribution in [3.8, 4) is 0 Å². The van der Waals surface area contributed by atoms with E-state index >= 15 is 0 Å². The minimum atomic E-state index is -0.127. The highest BCUT2D eigenvalue weighted by atomic mass is 16.6. The van der Waals surface area contributed by atoms with Crippen LogP contribution in [0.5, 0.6) is 0 Å². The predicted octanol–water partition coefficient (Wildman–Crippen LogP) is 3.77. The fourth-order valence-electron chi connectivity index (χ4n) is 6.57. The van der Waals surface area contributed by atoms with Gasteiger partial charge >= 0.3 is 0 Å². The maximum Gasteiger partial charge on any atom is 0.220 e. The molecule has 4 fully saturated rings. The van der Waals surface area contributed by atoms with E-state index in [-0.39, 0.29) is 23.2 Å². The number of rotatable bonds is 12. The summed E-state index contributed by atoms with van der Waals surface area (Å²) in [4.78, 5) is 14.8. The number of epoxide rings is 2. The number of amides is 1. The Morgan fingerprint density at radius 3 is 2.66 bits per heavy atom. The van der Waals surface area contributed by atoms with Crippen molar-refractivity contribution < 1.29 is 19.0 Å². The molecule has 0 bridgehead atoms. The Balaban J connectivity index is 1.25. The van der Waals surface area contributed by atoms with E-state index in [1.54, 1.807) is 0 Å². The van der Waals surface area contributed by atoms with Crippen LogP contribution in [0.4, 0.5) is 0 Å². The van der Waals surface area contributed by atoms with Crippen LogP contribution in [0, 0.1) is 17.8 Å². The average Bonchev–Trinajstić information content (AvgIpc) is 3.60. The van der Waals surface area contributed by atoms with Gasteiger partial charge in [-0.25, -0.2) is 0 Å². The molecular formula is C26H46N2O4. The summed E-state index contributed by atoms with van der Waals surface area (Å²) in [6.45, 7) is 11.8. The van der Waals surface area contributed by atoms with Crippen LogP contribution in [0.25, 0.3) is 0 Å². The Bertz CT molecular complexity index is 631. The number of hydrogen-bond donors (Lipinski definition) is 1. The van der Waals surface area contributed by atoms with Crippen molar-refractivity contribution in [2.24, 2.45) is 17.8 Å². The molecule has 3 heterocycles. The van der Waals surface area contributed by atoms with Crippen LogP contribution in [0.15, 0.2) is 0 Å². The topological polar surface area (TPSA) is 66.6 Å². The van der Waals surface area contributed by atoms with E-state index in [4.69, 9.17) is 14.2 Å². The van der Waals surface area contributed by atoms with Gasteiger partial charge in [-0.3, -0.25) is 4.79 Å². The minimum Gasteiger partial charge on any atom is -0.381 e. The summed E-state index contributed by atoms with van der Waals surface area (Å²) in [6, 6.07) is 0. The van der Waals surface area contributed by atoms with E-state index in [1.807, 2.05) is 7.11 Å². The van der Waals surface area contributed by atoms with Gasteiger partial charge in [0.15, 0.2) is 0 Å². The lowest BCUT2D eigenvalue weighted by Gasteiger charge is -2.43. The number of carbonyl (C=O) groups is 1. The quantitative estimate of drug-likeness (QED) is 0.459. The van der Waals surface area contributed by atoms with Crippen molar-refractivity contribution in [2.45, 2.75) is 102 Å². The number of carbonyl (C=O) groups excluding carboxylic acids is 1. The molecule has 0 aromatic carbocycles. The summed E-state index contributed by atoms with van der Waals surface area (Å²) >= 11 is 0. The molecule has 1 spiro atoms. The van der Waals surface area contributed by atoms with E-state index in [9.17, 15) is 4.79 Å². The summed E-state index contributed by atoms with van der Waals surface area (Å²) in [5, 5.41) is 3.12. The van der Waals surface area contributed by atoms with Gasteiger partial charge < -0.3 is 24.4 Å². The summed E-state index contributed by atoms with van der Waals surface area (Å²) in [5.41, 5.74) is -0.164. The molecule has 1 saturated carbocycles. The van der Waals surface area contributed by atoms with Gasteiger partial charge in [0, 0.05) is 32.5 Å². The number of methoxy groups -OCH3 is 1. The van der Waals surface area contributed by atoms with Crippen LogP contribution in [-0.2, 0) is 19.0 Å². The summed E-state index contributed by atoms with van der Waals surface area (Å²) in [6.07, 6.45) is 10.2. The highest BCUT2D eigenvalue weighted by Gasteiger charge is 2.71. The zero-order valence-electron chi connectivity index (χ0n) is 20.9. The van der Waals surface area contributed by atoms with Crippen molar-refractivity contribution in [1.82, 2.24) is 10.2 Å². The second-order valence-corrected chi connectivity index (χ2v) is 11.4. The van der Waals surface area contributed by atoms with Gasteiger partial charge in [-0.05, 0) is 83.2 Å². The molecule has 4 aliphatic rings. The first-order valence-electron chi connectivity index (χ1n) is 13.2. The number of nitrogens with one attached hydrogen (secondary N) is 1. The van der Waals surface area contributed by atoms with E-state index < -0.39 is 0 Å². The molecule has 1 aliphatic carbocycles. The standard InChI is InChI=1S/C26H46N2O4/c1-19(2)10-11-21-25(3,32-21)24-23(30-4)20(12-13-26(24)18-31-26)8-7-9-22(29)27-14-17-28-15-5-6-16-28/h19-21,23-24H,5-18H2,1-4H3,(H,27,29)/t20?,21-,23-,24-,25-,26+/m1/s1. The first-order chi connectivity index (χ1) is 15.4. The van der Waals surface area contributed by atoms with Crippen molar-refractivity contribution in [3.05, 3.63) is 0 Å². The molecule has 6 atom stereocenters. The van der Waals surface area contributed by atoms with Crippen LogP contribution in [-0.4, -0.2) is 74.1 Å². The number of ether oxygens (including phenoxy) is 3. The first-order valence-corrected chi connectivity index (χ1v) is 13.2. The molecule has 1 amide bonds. The number of likely N-dealkylation sites (tertiary alicyclic amines) is 1. The van der Waals surface area contributed by atoms with E-state index in [0.717, 1.165) is 51.8 Å². The lowest BCUT2D eigenvalue weighted by atomic mass is 9.64. The Kier molecular flexibility index (Phi) is 7.86. The van der Waals surface area contributed by atoms with E-state index in [2.05, 4.69) is 31.0 Å². The number of hydrogen-bond acceptors (Lipinski definition) is 5. The summed E-state index contributed by atoms with van der Waals surface area (Å²) in [5.74, 6) is 1.67. The molecule has 0 aromatic rings. The zero-order chi connectivity index (χ0) is 22.8. The van der Waals surface area contributed by atoms with Crippen molar-refractivity contribution >= 4 is 5.91 Å². The molecule has 4 rings (SSSR count). The molecule has 1 N–H and O–H groups in total. The maximum atomic E-state index is 12.3. The van der Waals surface area contributed by atoms with E-state index in [1.165, 1.54) is 32.4 Å². The molecule has 32 heavy (non-hydrogen) atoms. The largest absolute Gasteiger partial charge is 0.381 e. The normalized spacial score (nSPS) is 39.0. The molecule has 184 valence electrons. The third-order valence-corrected chi connectivity index (χ3v) is 8.62. The second-order valence-electron chi connectivity index (χ2n) is 11.4. The summed E-state index contributed by atoms with van der Waals surface area (Å²) < 4.78 is 18.6. The second kappa shape index (κ2) is 10.3. The van der Waals surface area contributed by atoms with Gasteiger partial charge in [0.2, 0.25) is 5.91 Å². The van der Waals surface area contributed by atoms with E-state index in [0.29, 0.717) is 30.3 Å². The molecule has 3 saturated heterocycles. The fourth-order valence-corrected chi connectivity index (χ4v) is 6.57. The third-order valence-electron chi connectivity index (χ3n) is 8.62. The zero-order valence-corrected chi connectivity index (χ0v) is 20.9. The Morgan fingerprint density at radius 1 is 1.25 bits per heavy atom. The van der Waals surface area contributed by atoms with Crippen LogP contribution in [0.1, 0.15) is 78.6 Å². The highest BCUT2D eigenvalue weighted by molar-refractivity contribution is 5.75. The van der Waals surface area contributed by atoms with Crippen molar-refractivity contribution in [3.63, 3.8) is 0 Å². The maximum absolute atomic E-state index is 12.3. The van der Waals surface area contributed by atoms with Crippen molar-refractivity contribution in [2.75, 3.05) is 39.9 Å². The van der Waals surface area contributed by atoms with Gasteiger partial charge in [0.25, 0.3) is 0 Å². The van der Waals surface area contributed by atoms with Crippen LogP contribution in [0.3, 0.4) is 0 Å². The predicted molar refractivity (Wildman–Crippen MR) is 126 cm³/mol. The first kappa shape index (κ1) is 24.4. The van der Waals surface area contributed by atoms with Crippen LogP contribution < -0.4 is 5.32 Å². The van der Waals surface area contributed by atoms with Gasteiger partial charge in [0.1, 0.15) is 5.60 Å². The highest BCUT2D eigenvalue weighted by Crippen LogP contribution is 2.60. The third kappa shape index (κ3) is 5.51. The number of nitrogens with zero attached hydrogens (tertiary/aromatic N) is 1. The van der Waals surface area contributed by atoms with Gasteiger partial charge in [-0.1, -0.05) is 13.8 Å². The Hall–Kier alpha value is -0.690. The lowest BCUT2D eigenvalue weighted by molar-refractivity contribution is -0.121. The molecule has 1 unspecified atom stereocenters. The fraction of sp³-hybridized carbons (Fsp3) is 0.962. The van der Waals surface area contributed by atoms with Crippen LogP contribution in [0.2, 0.25) is 0 Å². The van der Waals surface area contributed by atoms with Gasteiger partial charge in [-0.2, -0.15) is 0 Å². The Labute approximate surface area is 195 Å². The van der Waals surface area contributed by atoms with Gasteiger partial charge in [0.05, 0.1) is 24.4 Å². The monoisotopic (exact) mass is 450 g/mol. The SMILES string of the molecule is CO[C@@H]1C(CCCC(=O)NCCN2CCCC2)CC[C@]2(CO2)[C@H]1[C@]1(C)O[C@@H]1CCC(C)C. The van der Waals surface area contributed by atoms with Gasteiger partial charge in [-0.15, -0.1) is 0 Å². The minimum absolute atomic E-state index is 0.0363. The lowest BCUT2D eigenvalue weighted by Crippen LogP contribution is -2.52.